The van der Waals surface area contributed by atoms with Gasteiger partial charge in [0.2, 0.25) is 0 Å². The number of aryl methyl sites for hydroxylation is 1. The maximum Gasteiger partial charge on any atom is 0.0936 e. The zero-order valence-electron chi connectivity index (χ0n) is 9.93. The van der Waals surface area contributed by atoms with Crippen LogP contribution in [0.3, 0.4) is 0 Å². The van der Waals surface area contributed by atoms with E-state index >= 15 is 0 Å². The Labute approximate surface area is 104 Å². The van der Waals surface area contributed by atoms with Gasteiger partial charge in [0.15, 0.2) is 0 Å². The van der Waals surface area contributed by atoms with Gasteiger partial charge in [-0.05, 0) is 44.2 Å². The number of rotatable bonds is 1. The van der Waals surface area contributed by atoms with Gasteiger partial charge in [0, 0.05) is 39.3 Å². The van der Waals surface area contributed by atoms with Crippen molar-refractivity contribution in [2.45, 2.75) is 48.7 Å². The molecule has 3 heterocycles. The molecule has 0 aromatic carbocycles. The van der Waals surface area contributed by atoms with Gasteiger partial charge in [-0.3, -0.25) is 9.19 Å². The Balaban J connectivity index is 1.98. The van der Waals surface area contributed by atoms with Crippen molar-refractivity contribution in [3.63, 3.8) is 0 Å². The molecule has 2 bridgehead atoms. The van der Waals surface area contributed by atoms with Crippen LogP contribution in [0.2, 0.25) is 0 Å². The number of fused-ring (bicyclic) bond motifs is 2. The first kappa shape index (κ1) is 11.4. The Morgan fingerprint density at radius 2 is 2.06 bits per heavy atom. The summed E-state index contributed by atoms with van der Waals surface area (Å²) in [7, 11) is -0.726. The van der Waals surface area contributed by atoms with E-state index in [1.165, 1.54) is 0 Å². The van der Waals surface area contributed by atoms with Crippen LogP contribution >= 0.6 is 0 Å². The Kier molecular flexibility index (Phi) is 2.60. The Morgan fingerprint density at radius 1 is 1.41 bits per heavy atom. The van der Waals surface area contributed by atoms with Gasteiger partial charge in [-0.25, -0.2) is 0 Å². The van der Waals surface area contributed by atoms with Crippen LogP contribution in [0, 0.1) is 6.92 Å². The molecule has 2 aliphatic heterocycles. The molecule has 17 heavy (non-hydrogen) atoms. The van der Waals surface area contributed by atoms with Crippen molar-refractivity contribution in [1.82, 2.24) is 4.98 Å². The van der Waals surface area contributed by atoms with E-state index in [9.17, 15) is 9.32 Å². The summed E-state index contributed by atoms with van der Waals surface area (Å²) >= 11 is 0. The molecule has 1 aromatic rings. The monoisotopic (exact) mass is 251 g/mol. The average molecular weight is 251 g/mol. The summed E-state index contributed by atoms with van der Waals surface area (Å²) in [6, 6.07) is 1.93. The second kappa shape index (κ2) is 3.89. The van der Waals surface area contributed by atoms with Crippen LogP contribution < -0.4 is 0 Å². The molecule has 0 amide bonds. The highest BCUT2D eigenvalue weighted by atomic mass is 32.2. The van der Waals surface area contributed by atoms with Crippen LogP contribution in [-0.2, 0) is 16.4 Å². The van der Waals surface area contributed by atoms with Crippen LogP contribution in [0.5, 0.6) is 0 Å². The van der Waals surface area contributed by atoms with E-state index in [-0.39, 0.29) is 10.5 Å². The highest BCUT2D eigenvalue weighted by Crippen LogP contribution is 2.46. The van der Waals surface area contributed by atoms with E-state index in [1.807, 2.05) is 13.0 Å². The van der Waals surface area contributed by atoms with E-state index in [0.717, 1.165) is 24.0 Å². The zero-order chi connectivity index (χ0) is 12.0. The third-order valence-electron chi connectivity index (χ3n) is 4.14. The molecule has 2 unspecified atom stereocenters. The van der Waals surface area contributed by atoms with E-state index in [0.29, 0.717) is 12.8 Å². The highest BCUT2D eigenvalue weighted by molar-refractivity contribution is 7.86. The first-order valence-electron chi connectivity index (χ1n) is 6.13. The summed E-state index contributed by atoms with van der Waals surface area (Å²) < 4.78 is 12.0. The van der Waals surface area contributed by atoms with Gasteiger partial charge in [-0.1, -0.05) is 0 Å². The van der Waals surface area contributed by atoms with Crippen molar-refractivity contribution >= 4 is 10.8 Å². The maximum atomic E-state index is 12.0. The van der Waals surface area contributed by atoms with E-state index in [4.69, 9.17) is 0 Å². The molecule has 2 saturated heterocycles. The summed E-state index contributed by atoms with van der Waals surface area (Å²) in [5.74, 6) is 0. The van der Waals surface area contributed by atoms with Crippen molar-refractivity contribution in [2.75, 3.05) is 0 Å². The normalized spacial score (nSPS) is 40.5. The number of hydrogen-bond acceptors (Lipinski definition) is 3. The van der Waals surface area contributed by atoms with Crippen LogP contribution in [0.15, 0.2) is 18.5 Å². The molecule has 0 aliphatic carbocycles. The van der Waals surface area contributed by atoms with Gasteiger partial charge in [-0.2, -0.15) is 0 Å². The number of pyridine rings is 1. The topological polar surface area (TPSA) is 50.2 Å². The summed E-state index contributed by atoms with van der Waals surface area (Å²) in [5, 5.41) is 11.2. The van der Waals surface area contributed by atoms with Crippen molar-refractivity contribution in [2.24, 2.45) is 0 Å². The molecule has 3 rings (SSSR count). The van der Waals surface area contributed by atoms with Crippen molar-refractivity contribution in [3.05, 3.63) is 29.6 Å². The van der Waals surface area contributed by atoms with Gasteiger partial charge >= 0.3 is 0 Å². The highest BCUT2D eigenvalue weighted by Gasteiger charge is 2.48. The lowest BCUT2D eigenvalue weighted by Crippen LogP contribution is -2.40. The second-order valence-electron chi connectivity index (χ2n) is 5.28. The molecule has 0 radical (unpaired) electrons. The quantitative estimate of drug-likeness (QED) is 0.825. The zero-order valence-corrected chi connectivity index (χ0v) is 10.7. The standard InChI is InChI=1S/C13H17NO2S/c1-9-4-5-14-8-12(9)13(15)6-10-2-3-11(7-13)17(10)16/h4-5,8,10-11,15H,2-3,6-7H2,1H3. The summed E-state index contributed by atoms with van der Waals surface area (Å²) in [4.78, 5) is 4.12. The molecule has 1 N–H and O–H groups in total. The van der Waals surface area contributed by atoms with Gasteiger partial charge in [0.05, 0.1) is 5.60 Å². The van der Waals surface area contributed by atoms with E-state index in [1.54, 1.807) is 12.4 Å². The Bertz CT molecular complexity index is 458. The number of aliphatic hydroxyl groups is 1. The predicted molar refractivity (Wildman–Crippen MR) is 67.1 cm³/mol. The molecule has 3 nitrogen and oxygen atoms in total. The minimum Gasteiger partial charge on any atom is -0.385 e. The van der Waals surface area contributed by atoms with Crippen LogP contribution in [0.25, 0.3) is 0 Å². The summed E-state index contributed by atoms with van der Waals surface area (Å²) in [6.45, 7) is 2.00. The van der Waals surface area contributed by atoms with Gasteiger partial charge < -0.3 is 5.11 Å². The SMILES string of the molecule is Cc1ccncc1C1(O)CC2CCC(C1)S2=O. The van der Waals surface area contributed by atoms with Crippen LogP contribution in [-0.4, -0.2) is 24.8 Å². The second-order valence-corrected chi connectivity index (χ2v) is 7.27. The lowest BCUT2D eigenvalue weighted by Gasteiger charge is -2.36. The van der Waals surface area contributed by atoms with Crippen molar-refractivity contribution in [1.29, 1.82) is 0 Å². The fourth-order valence-corrected chi connectivity index (χ4v) is 5.41. The molecular formula is C13H17NO2S. The van der Waals surface area contributed by atoms with Crippen molar-refractivity contribution < 1.29 is 9.32 Å². The van der Waals surface area contributed by atoms with Crippen LogP contribution in [0.1, 0.15) is 36.8 Å². The predicted octanol–water partition coefficient (Wildman–Crippen LogP) is 1.65. The lowest BCUT2D eigenvalue weighted by atomic mass is 9.84. The molecule has 92 valence electrons. The molecule has 4 heteroatoms. The fraction of sp³-hybridized carbons (Fsp3) is 0.615. The van der Waals surface area contributed by atoms with E-state index < -0.39 is 16.4 Å². The number of hydrogen-bond donors (Lipinski definition) is 1. The molecule has 2 atom stereocenters. The lowest BCUT2D eigenvalue weighted by molar-refractivity contribution is 0.0175. The molecule has 1 aromatic heterocycles. The minimum atomic E-state index is -0.807. The number of nitrogens with zero attached hydrogens (tertiary/aromatic N) is 1. The molecule has 0 saturated carbocycles. The van der Waals surface area contributed by atoms with Gasteiger partial charge in [0.25, 0.3) is 0 Å². The fourth-order valence-electron chi connectivity index (χ4n) is 3.25. The minimum absolute atomic E-state index is 0.179. The first-order valence-corrected chi connectivity index (χ1v) is 7.41. The Morgan fingerprint density at radius 3 is 2.65 bits per heavy atom. The Hall–Kier alpha value is -0.740. The average Bonchev–Trinajstić information content (AvgIpc) is 2.53. The third-order valence-corrected chi connectivity index (χ3v) is 6.26. The molecule has 0 spiro atoms. The summed E-state index contributed by atoms with van der Waals surface area (Å²) in [6.07, 6.45) is 6.77. The smallest absolute Gasteiger partial charge is 0.0936 e. The third kappa shape index (κ3) is 1.74. The van der Waals surface area contributed by atoms with Crippen LogP contribution in [0.4, 0.5) is 0 Å². The van der Waals surface area contributed by atoms with Gasteiger partial charge in [0.1, 0.15) is 0 Å². The maximum absolute atomic E-state index is 12.0. The first-order chi connectivity index (χ1) is 8.10. The molecular weight excluding hydrogens is 234 g/mol. The molecule has 2 fully saturated rings. The largest absolute Gasteiger partial charge is 0.385 e. The van der Waals surface area contributed by atoms with Crippen molar-refractivity contribution in [3.8, 4) is 0 Å². The molecule has 2 aliphatic rings. The van der Waals surface area contributed by atoms with E-state index in [2.05, 4.69) is 4.98 Å². The van der Waals surface area contributed by atoms with Gasteiger partial charge in [-0.15, -0.1) is 0 Å². The number of aromatic nitrogens is 1. The summed E-state index contributed by atoms with van der Waals surface area (Å²) in [5.41, 5.74) is 1.20.